The largest absolute Gasteiger partial charge is 0.355 e. The predicted molar refractivity (Wildman–Crippen MR) is 64.1 cm³/mol. The van der Waals surface area contributed by atoms with Gasteiger partial charge in [0.2, 0.25) is 5.91 Å². The summed E-state index contributed by atoms with van der Waals surface area (Å²) in [5.74, 6) is 0.0532. The molecule has 1 aliphatic rings. The lowest BCUT2D eigenvalue weighted by atomic mass is 10.00. The third-order valence-electron chi connectivity index (χ3n) is 3.01. The first kappa shape index (κ1) is 11.1. The van der Waals surface area contributed by atoms with Gasteiger partial charge in [-0.2, -0.15) is 0 Å². The highest BCUT2D eigenvalue weighted by Crippen LogP contribution is 2.17. The predicted octanol–water partition coefficient (Wildman–Crippen LogP) is 1.18. The van der Waals surface area contributed by atoms with E-state index in [4.69, 9.17) is 0 Å². The molecule has 0 saturated heterocycles. The van der Waals surface area contributed by atoms with Crippen LogP contribution in [0.1, 0.15) is 18.1 Å². The highest BCUT2D eigenvalue weighted by molar-refractivity contribution is 5.72. The van der Waals surface area contributed by atoms with Gasteiger partial charge in [-0.05, 0) is 17.5 Å². The van der Waals surface area contributed by atoms with E-state index >= 15 is 0 Å². The Kier molecular flexibility index (Phi) is 3.57. The molecular formula is C13H18N2O. The highest BCUT2D eigenvalue weighted by Gasteiger charge is 2.14. The Hall–Kier alpha value is -1.35. The molecule has 0 aliphatic carbocycles. The van der Waals surface area contributed by atoms with Gasteiger partial charge in [0, 0.05) is 33.1 Å². The molecule has 2 rings (SSSR count). The average Bonchev–Trinajstić information content (AvgIpc) is 2.28. The van der Waals surface area contributed by atoms with Gasteiger partial charge in [-0.1, -0.05) is 24.3 Å². The van der Waals surface area contributed by atoms with Crippen molar-refractivity contribution in [1.82, 2.24) is 10.2 Å². The van der Waals surface area contributed by atoms with Gasteiger partial charge in [0.25, 0.3) is 0 Å². The van der Waals surface area contributed by atoms with E-state index in [1.54, 1.807) is 6.92 Å². The average molecular weight is 218 g/mol. The van der Waals surface area contributed by atoms with Gasteiger partial charge < -0.3 is 5.32 Å². The maximum absolute atomic E-state index is 10.8. The molecule has 0 saturated carbocycles. The topological polar surface area (TPSA) is 32.3 Å². The minimum Gasteiger partial charge on any atom is -0.355 e. The number of rotatable bonds is 3. The van der Waals surface area contributed by atoms with Crippen LogP contribution in [0.15, 0.2) is 24.3 Å². The van der Waals surface area contributed by atoms with Gasteiger partial charge in [-0.3, -0.25) is 9.69 Å². The van der Waals surface area contributed by atoms with E-state index in [-0.39, 0.29) is 5.91 Å². The number of fused-ring (bicyclic) bond motifs is 1. The second-order valence-corrected chi connectivity index (χ2v) is 4.28. The zero-order valence-electron chi connectivity index (χ0n) is 9.70. The second-order valence-electron chi connectivity index (χ2n) is 4.28. The van der Waals surface area contributed by atoms with Crippen LogP contribution in [0.5, 0.6) is 0 Å². The van der Waals surface area contributed by atoms with Crippen LogP contribution in [0.4, 0.5) is 0 Å². The number of nitrogens with zero attached hydrogens (tertiary/aromatic N) is 1. The molecule has 0 atom stereocenters. The Bertz CT molecular complexity index is 376. The molecule has 1 aliphatic heterocycles. The van der Waals surface area contributed by atoms with Crippen molar-refractivity contribution in [3.8, 4) is 0 Å². The van der Waals surface area contributed by atoms with Crippen LogP contribution in [0, 0.1) is 0 Å². The molecule has 3 heteroatoms. The van der Waals surface area contributed by atoms with Gasteiger partial charge in [0.05, 0.1) is 0 Å². The minimum atomic E-state index is 0.0532. The lowest BCUT2D eigenvalue weighted by Gasteiger charge is -2.28. The van der Waals surface area contributed by atoms with Crippen molar-refractivity contribution in [3.63, 3.8) is 0 Å². The summed E-state index contributed by atoms with van der Waals surface area (Å²) < 4.78 is 0. The Morgan fingerprint density at radius 2 is 2.12 bits per heavy atom. The molecule has 0 radical (unpaired) electrons. The molecule has 3 nitrogen and oxygen atoms in total. The van der Waals surface area contributed by atoms with E-state index in [0.717, 1.165) is 32.6 Å². The molecule has 1 aromatic carbocycles. The number of benzene rings is 1. The molecule has 1 heterocycles. The van der Waals surface area contributed by atoms with Crippen molar-refractivity contribution in [2.75, 3.05) is 19.6 Å². The molecule has 1 aromatic rings. The van der Waals surface area contributed by atoms with Gasteiger partial charge >= 0.3 is 0 Å². The standard InChI is InChI=1S/C13H18N2O/c1-11(16)14-7-9-15-8-6-12-4-2-3-5-13(12)10-15/h2-5H,6-10H2,1H3,(H,14,16). The van der Waals surface area contributed by atoms with Gasteiger partial charge in [0.1, 0.15) is 0 Å². The van der Waals surface area contributed by atoms with Crippen LogP contribution in [0.2, 0.25) is 0 Å². The highest BCUT2D eigenvalue weighted by atomic mass is 16.1. The van der Waals surface area contributed by atoms with Crippen molar-refractivity contribution >= 4 is 5.91 Å². The molecule has 0 spiro atoms. The molecule has 86 valence electrons. The number of amides is 1. The lowest BCUT2D eigenvalue weighted by molar-refractivity contribution is -0.119. The first-order chi connectivity index (χ1) is 7.75. The number of hydrogen-bond donors (Lipinski definition) is 1. The van der Waals surface area contributed by atoms with Gasteiger partial charge in [0.15, 0.2) is 0 Å². The quantitative estimate of drug-likeness (QED) is 0.826. The van der Waals surface area contributed by atoms with Crippen molar-refractivity contribution in [2.24, 2.45) is 0 Å². The molecule has 0 fully saturated rings. The second kappa shape index (κ2) is 5.12. The fourth-order valence-corrected chi connectivity index (χ4v) is 2.14. The molecule has 1 amide bonds. The summed E-state index contributed by atoms with van der Waals surface area (Å²) in [4.78, 5) is 13.1. The molecule has 0 aromatic heterocycles. The first-order valence-electron chi connectivity index (χ1n) is 5.79. The zero-order chi connectivity index (χ0) is 11.4. The van der Waals surface area contributed by atoms with E-state index in [1.165, 1.54) is 11.1 Å². The minimum absolute atomic E-state index is 0.0532. The molecule has 0 bridgehead atoms. The summed E-state index contributed by atoms with van der Waals surface area (Å²) in [6, 6.07) is 8.60. The van der Waals surface area contributed by atoms with Crippen molar-refractivity contribution < 1.29 is 4.79 Å². The van der Waals surface area contributed by atoms with E-state index in [1.807, 2.05) is 0 Å². The fourth-order valence-electron chi connectivity index (χ4n) is 2.14. The third-order valence-corrected chi connectivity index (χ3v) is 3.01. The Balaban J connectivity index is 1.86. The maximum atomic E-state index is 10.8. The fraction of sp³-hybridized carbons (Fsp3) is 0.462. The van der Waals surface area contributed by atoms with E-state index in [9.17, 15) is 4.79 Å². The van der Waals surface area contributed by atoms with Crippen molar-refractivity contribution in [2.45, 2.75) is 19.9 Å². The van der Waals surface area contributed by atoms with E-state index < -0.39 is 0 Å². The van der Waals surface area contributed by atoms with Crippen LogP contribution < -0.4 is 5.32 Å². The maximum Gasteiger partial charge on any atom is 0.216 e. The smallest absolute Gasteiger partial charge is 0.216 e. The summed E-state index contributed by atoms with van der Waals surface area (Å²) >= 11 is 0. The lowest BCUT2D eigenvalue weighted by Crippen LogP contribution is -2.37. The van der Waals surface area contributed by atoms with Gasteiger partial charge in [-0.15, -0.1) is 0 Å². The third kappa shape index (κ3) is 2.83. The van der Waals surface area contributed by atoms with E-state index in [2.05, 4.69) is 34.5 Å². The monoisotopic (exact) mass is 218 g/mol. The van der Waals surface area contributed by atoms with Crippen LogP contribution in [0.25, 0.3) is 0 Å². The van der Waals surface area contributed by atoms with Crippen LogP contribution in [-0.2, 0) is 17.8 Å². The van der Waals surface area contributed by atoms with E-state index in [0.29, 0.717) is 0 Å². The Morgan fingerprint density at radius 3 is 2.88 bits per heavy atom. The molecule has 1 N–H and O–H groups in total. The van der Waals surface area contributed by atoms with Gasteiger partial charge in [-0.25, -0.2) is 0 Å². The Labute approximate surface area is 96.5 Å². The number of carbonyl (C=O) groups excluding carboxylic acids is 1. The summed E-state index contributed by atoms with van der Waals surface area (Å²) in [6.07, 6.45) is 1.12. The number of carbonyl (C=O) groups is 1. The number of hydrogen-bond acceptors (Lipinski definition) is 2. The van der Waals surface area contributed by atoms with Crippen molar-refractivity contribution in [1.29, 1.82) is 0 Å². The SMILES string of the molecule is CC(=O)NCCN1CCc2ccccc2C1. The summed E-state index contributed by atoms with van der Waals surface area (Å²) in [7, 11) is 0. The summed E-state index contributed by atoms with van der Waals surface area (Å²) in [5, 5.41) is 2.84. The van der Waals surface area contributed by atoms with Crippen LogP contribution in [0.3, 0.4) is 0 Å². The molecule has 0 unspecified atom stereocenters. The van der Waals surface area contributed by atoms with Crippen LogP contribution in [-0.4, -0.2) is 30.4 Å². The first-order valence-corrected chi connectivity index (χ1v) is 5.79. The molecular weight excluding hydrogens is 200 g/mol. The summed E-state index contributed by atoms with van der Waals surface area (Å²) in [6.45, 7) is 5.35. The summed E-state index contributed by atoms with van der Waals surface area (Å²) in [5.41, 5.74) is 2.90. The Morgan fingerprint density at radius 1 is 1.38 bits per heavy atom. The number of nitrogens with one attached hydrogen (secondary N) is 1. The zero-order valence-corrected chi connectivity index (χ0v) is 9.70. The van der Waals surface area contributed by atoms with Crippen LogP contribution >= 0.6 is 0 Å². The normalized spacial score (nSPS) is 15.6. The molecule has 16 heavy (non-hydrogen) atoms. The van der Waals surface area contributed by atoms with Crippen molar-refractivity contribution in [3.05, 3.63) is 35.4 Å².